The molecule has 1 amide bonds. The Kier molecular flexibility index (Phi) is 3.74. The molecule has 2 aliphatic rings. The molecule has 1 aromatic carbocycles. The molecule has 4 heteroatoms. The normalized spacial score (nSPS) is 27.8. The minimum Gasteiger partial charge on any atom is -0.352 e. The summed E-state index contributed by atoms with van der Waals surface area (Å²) in [6, 6.07) is 4.96. The van der Waals surface area contributed by atoms with Crippen LogP contribution in [-0.4, -0.2) is 5.91 Å². The predicted molar refractivity (Wildman–Crippen MR) is 75.1 cm³/mol. The zero-order valence-electron chi connectivity index (χ0n) is 11.6. The molecule has 2 aliphatic carbocycles. The van der Waals surface area contributed by atoms with Crippen LogP contribution in [0, 0.1) is 23.6 Å². The largest absolute Gasteiger partial charge is 0.352 e. The smallest absolute Gasteiger partial charge is 0.223 e. The molecule has 3 rings (SSSR count). The molecule has 0 aliphatic heterocycles. The van der Waals surface area contributed by atoms with Crippen LogP contribution in [0.2, 0.25) is 0 Å². The Morgan fingerprint density at radius 1 is 1.30 bits per heavy atom. The summed E-state index contributed by atoms with van der Waals surface area (Å²) in [5.74, 6) is 1.18. The third-order valence-corrected chi connectivity index (χ3v) is 4.77. The van der Waals surface area contributed by atoms with E-state index in [2.05, 4.69) is 5.32 Å². The van der Waals surface area contributed by atoms with E-state index in [4.69, 9.17) is 5.73 Å². The molecule has 3 N–H and O–H groups in total. The number of nitrogens with one attached hydrogen (secondary N) is 1. The number of amides is 1. The van der Waals surface area contributed by atoms with E-state index >= 15 is 0 Å². The molecule has 2 atom stereocenters. The van der Waals surface area contributed by atoms with Gasteiger partial charge < -0.3 is 11.1 Å². The quantitative estimate of drug-likeness (QED) is 0.887. The van der Waals surface area contributed by atoms with E-state index in [0.29, 0.717) is 23.9 Å². The Labute approximate surface area is 118 Å². The van der Waals surface area contributed by atoms with Crippen molar-refractivity contribution in [1.29, 1.82) is 0 Å². The highest BCUT2D eigenvalue weighted by Crippen LogP contribution is 2.55. The SMILES string of the molecule is NCc1ccc(CNC(=O)C2C3CCCCC32)c(F)c1. The minimum atomic E-state index is -0.290. The Hall–Kier alpha value is -1.42. The van der Waals surface area contributed by atoms with Crippen LogP contribution in [0.5, 0.6) is 0 Å². The number of benzene rings is 1. The number of halogens is 1. The van der Waals surface area contributed by atoms with Crippen molar-refractivity contribution in [3.05, 3.63) is 35.1 Å². The number of hydrogen-bond acceptors (Lipinski definition) is 2. The Balaban J connectivity index is 1.56. The maximum atomic E-state index is 13.8. The van der Waals surface area contributed by atoms with Crippen molar-refractivity contribution in [2.24, 2.45) is 23.5 Å². The zero-order chi connectivity index (χ0) is 14.1. The van der Waals surface area contributed by atoms with Gasteiger partial charge in [0.1, 0.15) is 5.82 Å². The first-order valence-corrected chi connectivity index (χ1v) is 7.46. The van der Waals surface area contributed by atoms with Crippen LogP contribution < -0.4 is 11.1 Å². The third-order valence-electron chi connectivity index (χ3n) is 4.77. The van der Waals surface area contributed by atoms with Crippen molar-refractivity contribution in [2.75, 3.05) is 0 Å². The van der Waals surface area contributed by atoms with Gasteiger partial charge in [0, 0.05) is 24.6 Å². The second-order valence-corrected chi connectivity index (χ2v) is 5.99. The molecule has 0 bridgehead atoms. The second kappa shape index (κ2) is 5.52. The molecular formula is C16H21FN2O. The highest BCUT2D eigenvalue weighted by molar-refractivity contribution is 5.82. The summed E-state index contributed by atoms with van der Waals surface area (Å²) in [4.78, 5) is 12.1. The molecule has 2 unspecified atom stereocenters. The van der Waals surface area contributed by atoms with Gasteiger partial charge in [0.15, 0.2) is 0 Å². The lowest BCUT2D eigenvalue weighted by Gasteiger charge is -2.07. The number of carbonyl (C=O) groups excluding carboxylic acids is 1. The summed E-state index contributed by atoms with van der Waals surface area (Å²) in [5.41, 5.74) is 6.77. The number of hydrogen-bond donors (Lipinski definition) is 2. The average molecular weight is 276 g/mol. The van der Waals surface area contributed by atoms with E-state index in [-0.39, 0.29) is 24.2 Å². The highest BCUT2D eigenvalue weighted by Gasteiger charge is 2.54. The first kappa shape index (κ1) is 13.6. The lowest BCUT2D eigenvalue weighted by molar-refractivity contribution is -0.123. The second-order valence-electron chi connectivity index (χ2n) is 5.99. The summed E-state index contributed by atoms with van der Waals surface area (Å²) >= 11 is 0. The van der Waals surface area contributed by atoms with Crippen molar-refractivity contribution < 1.29 is 9.18 Å². The van der Waals surface area contributed by atoms with E-state index in [1.54, 1.807) is 6.07 Å². The Bertz CT molecular complexity index is 505. The Morgan fingerprint density at radius 2 is 2.00 bits per heavy atom. The van der Waals surface area contributed by atoms with Crippen molar-refractivity contribution in [1.82, 2.24) is 5.32 Å². The van der Waals surface area contributed by atoms with Crippen molar-refractivity contribution in [3.8, 4) is 0 Å². The lowest BCUT2D eigenvalue weighted by atomic mass is 10.0. The standard InChI is InChI=1S/C16H21FN2O/c17-14-7-10(8-18)5-6-11(14)9-19-16(20)15-12-3-1-2-4-13(12)15/h5-7,12-13,15H,1-4,8-9,18H2,(H,19,20). The molecule has 0 heterocycles. The van der Waals surface area contributed by atoms with Crippen LogP contribution >= 0.6 is 0 Å². The summed E-state index contributed by atoms with van der Waals surface area (Å²) in [6.45, 7) is 0.598. The van der Waals surface area contributed by atoms with Crippen molar-refractivity contribution in [2.45, 2.75) is 38.8 Å². The molecule has 108 valence electrons. The van der Waals surface area contributed by atoms with Gasteiger partial charge in [-0.15, -0.1) is 0 Å². The van der Waals surface area contributed by atoms with E-state index in [1.165, 1.54) is 31.7 Å². The van der Waals surface area contributed by atoms with E-state index < -0.39 is 0 Å². The van der Waals surface area contributed by atoms with Gasteiger partial charge in [0.05, 0.1) is 0 Å². The predicted octanol–water partition coefficient (Wildman–Crippen LogP) is 2.34. The van der Waals surface area contributed by atoms with Gasteiger partial charge in [-0.1, -0.05) is 25.0 Å². The summed E-state index contributed by atoms with van der Waals surface area (Å²) in [7, 11) is 0. The van der Waals surface area contributed by atoms with Gasteiger partial charge >= 0.3 is 0 Å². The van der Waals surface area contributed by atoms with Crippen LogP contribution in [0.4, 0.5) is 4.39 Å². The zero-order valence-corrected chi connectivity index (χ0v) is 11.6. The number of fused-ring (bicyclic) bond motifs is 1. The van der Waals surface area contributed by atoms with Gasteiger partial charge in [0.25, 0.3) is 0 Å². The first-order valence-electron chi connectivity index (χ1n) is 7.46. The first-order chi connectivity index (χ1) is 9.70. The van der Waals surface area contributed by atoms with Gasteiger partial charge in [0.2, 0.25) is 5.91 Å². The van der Waals surface area contributed by atoms with Gasteiger partial charge in [-0.05, 0) is 36.3 Å². The molecule has 0 radical (unpaired) electrons. The number of nitrogens with two attached hydrogens (primary N) is 1. The van der Waals surface area contributed by atoms with Crippen molar-refractivity contribution >= 4 is 5.91 Å². The van der Waals surface area contributed by atoms with E-state index in [9.17, 15) is 9.18 Å². The lowest BCUT2D eigenvalue weighted by Crippen LogP contribution is -2.26. The fourth-order valence-corrected chi connectivity index (χ4v) is 3.54. The summed E-state index contributed by atoms with van der Waals surface area (Å²) in [6.07, 6.45) is 4.87. The molecule has 2 fully saturated rings. The molecular weight excluding hydrogens is 255 g/mol. The van der Waals surface area contributed by atoms with Crippen LogP contribution in [0.3, 0.4) is 0 Å². The fraction of sp³-hybridized carbons (Fsp3) is 0.562. The van der Waals surface area contributed by atoms with Gasteiger partial charge in [-0.2, -0.15) is 0 Å². The molecule has 20 heavy (non-hydrogen) atoms. The minimum absolute atomic E-state index is 0.101. The number of rotatable bonds is 4. The molecule has 2 saturated carbocycles. The van der Waals surface area contributed by atoms with Crippen LogP contribution in [-0.2, 0) is 17.9 Å². The van der Waals surface area contributed by atoms with Crippen LogP contribution in [0.1, 0.15) is 36.8 Å². The molecule has 0 saturated heterocycles. The summed E-state index contributed by atoms with van der Waals surface area (Å²) in [5, 5.41) is 2.89. The summed E-state index contributed by atoms with van der Waals surface area (Å²) < 4.78 is 13.8. The topological polar surface area (TPSA) is 55.1 Å². The number of carbonyl (C=O) groups is 1. The fourth-order valence-electron chi connectivity index (χ4n) is 3.54. The maximum absolute atomic E-state index is 13.8. The van der Waals surface area contributed by atoms with E-state index in [0.717, 1.165) is 5.56 Å². The molecule has 0 aromatic heterocycles. The van der Waals surface area contributed by atoms with Gasteiger partial charge in [-0.25, -0.2) is 4.39 Å². The monoisotopic (exact) mass is 276 g/mol. The third kappa shape index (κ3) is 2.57. The Morgan fingerprint density at radius 3 is 2.60 bits per heavy atom. The highest BCUT2D eigenvalue weighted by atomic mass is 19.1. The maximum Gasteiger partial charge on any atom is 0.223 e. The average Bonchev–Trinajstić information content (AvgIpc) is 3.20. The molecule has 3 nitrogen and oxygen atoms in total. The van der Waals surface area contributed by atoms with Crippen LogP contribution in [0.15, 0.2) is 18.2 Å². The van der Waals surface area contributed by atoms with Crippen LogP contribution in [0.25, 0.3) is 0 Å². The molecule has 1 aromatic rings. The molecule has 0 spiro atoms. The van der Waals surface area contributed by atoms with E-state index in [1.807, 2.05) is 6.07 Å². The van der Waals surface area contributed by atoms with Gasteiger partial charge in [-0.3, -0.25) is 4.79 Å². The van der Waals surface area contributed by atoms with Crippen molar-refractivity contribution in [3.63, 3.8) is 0 Å².